The Balaban J connectivity index is 1.79. The highest BCUT2D eigenvalue weighted by molar-refractivity contribution is 4.84. The molecule has 2 rings (SSSR count). The molecule has 2 fully saturated rings. The van der Waals surface area contributed by atoms with Crippen molar-refractivity contribution in [2.75, 3.05) is 0 Å². The van der Waals surface area contributed by atoms with E-state index >= 15 is 0 Å². The molecule has 2 saturated carbocycles. The van der Waals surface area contributed by atoms with Crippen molar-refractivity contribution in [3.8, 4) is 0 Å². The van der Waals surface area contributed by atoms with Crippen LogP contribution in [0.5, 0.6) is 0 Å². The first kappa shape index (κ1) is 9.51. The van der Waals surface area contributed by atoms with Crippen LogP contribution in [0.15, 0.2) is 0 Å². The predicted molar refractivity (Wildman–Crippen MR) is 54.5 cm³/mol. The molecule has 13 heavy (non-hydrogen) atoms. The average molecular weight is 182 g/mol. The van der Waals surface area contributed by atoms with Gasteiger partial charge in [-0.05, 0) is 43.4 Å². The highest BCUT2D eigenvalue weighted by Crippen LogP contribution is 2.38. The molecule has 1 N–H and O–H groups in total. The third-order valence-corrected chi connectivity index (χ3v) is 4.18. The second-order valence-corrected chi connectivity index (χ2v) is 5.20. The molecule has 0 aromatic rings. The van der Waals surface area contributed by atoms with Gasteiger partial charge in [-0.15, -0.1) is 0 Å². The van der Waals surface area contributed by atoms with Gasteiger partial charge < -0.3 is 5.11 Å². The van der Waals surface area contributed by atoms with Gasteiger partial charge in [0.2, 0.25) is 0 Å². The van der Waals surface area contributed by atoms with Crippen molar-refractivity contribution in [2.45, 2.75) is 58.0 Å². The van der Waals surface area contributed by atoms with Gasteiger partial charge >= 0.3 is 0 Å². The van der Waals surface area contributed by atoms with Crippen molar-refractivity contribution in [2.24, 2.45) is 17.8 Å². The molecular formula is C12H22O. The second-order valence-electron chi connectivity index (χ2n) is 5.20. The van der Waals surface area contributed by atoms with E-state index in [0.717, 1.165) is 5.92 Å². The fraction of sp³-hybridized carbons (Fsp3) is 1.00. The lowest BCUT2D eigenvalue weighted by Crippen LogP contribution is -2.35. The summed E-state index contributed by atoms with van der Waals surface area (Å²) >= 11 is 0. The van der Waals surface area contributed by atoms with Crippen LogP contribution < -0.4 is 0 Å². The number of hydrogen-bond acceptors (Lipinski definition) is 1. The lowest BCUT2D eigenvalue weighted by molar-refractivity contribution is -0.00273. The molecule has 0 aromatic heterocycles. The summed E-state index contributed by atoms with van der Waals surface area (Å²) in [5.41, 5.74) is 0. The van der Waals surface area contributed by atoms with Gasteiger partial charge in [0, 0.05) is 0 Å². The molecule has 0 aliphatic heterocycles. The summed E-state index contributed by atoms with van der Waals surface area (Å²) < 4.78 is 0. The zero-order valence-electron chi connectivity index (χ0n) is 8.71. The average Bonchev–Trinajstić information content (AvgIpc) is 2.02. The van der Waals surface area contributed by atoms with Crippen molar-refractivity contribution >= 4 is 0 Å². The smallest absolute Gasteiger partial charge is 0.0596 e. The number of aliphatic hydroxyl groups excluding tert-OH is 1. The van der Waals surface area contributed by atoms with Crippen molar-refractivity contribution in [1.29, 1.82) is 0 Å². The number of hydrogen-bond donors (Lipinski definition) is 1. The molecule has 0 aromatic carbocycles. The minimum atomic E-state index is 0.0428. The summed E-state index contributed by atoms with van der Waals surface area (Å²) in [6.45, 7) is 2.34. The Bertz CT molecular complexity index is 155. The van der Waals surface area contributed by atoms with E-state index in [1.807, 2.05) is 0 Å². The first-order chi connectivity index (χ1) is 6.27. The molecule has 0 saturated heterocycles. The van der Waals surface area contributed by atoms with E-state index in [1.54, 1.807) is 0 Å². The maximum atomic E-state index is 10.1. The minimum Gasteiger partial charge on any atom is -0.393 e. The van der Waals surface area contributed by atoms with Crippen LogP contribution in [-0.4, -0.2) is 11.2 Å². The Morgan fingerprint density at radius 3 is 1.92 bits per heavy atom. The summed E-state index contributed by atoms with van der Waals surface area (Å²) in [4.78, 5) is 0. The monoisotopic (exact) mass is 182 g/mol. The molecule has 2 aliphatic carbocycles. The molecule has 0 spiro atoms. The van der Waals surface area contributed by atoms with Gasteiger partial charge in [0.25, 0.3) is 0 Å². The lowest BCUT2D eigenvalue weighted by Gasteiger charge is -2.38. The largest absolute Gasteiger partial charge is 0.393 e. The maximum absolute atomic E-state index is 10.1. The van der Waals surface area contributed by atoms with Gasteiger partial charge in [0.15, 0.2) is 0 Å². The Morgan fingerprint density at radius 1 is 0.923 bits per heavy atom. The lowest BCUT2D eigenvalue weighted by atomic mass is 9.71. The van der Waals surface area contributed by atoms with Crippen LogP contribution >= 0.6 is 0 Å². The van der Waals surface area contributed by atoms with Crippen molar-refractivity contribution in [1.82, 2.24) is 0 Å². The first-order valence-corrected chi connectivity index (χ1v) is 5.95. The highest BCUT2D eigenvalue weighted by atomic mass is 16.3. The van der Waals surface area contributed by atoms with Gasteiger partial charge in [-0.3, -0.25) is 0 Å². The van der Waals surface area contributed by atoms with Crippen LogP contribution in [-0.2, 0) is 0 Å². The summed E-state index contributed by atoms with van der Waals surface area (Å²) in [7, 11) is 0. The van der Waals surface area contributed by atoms with E-state index in [4.69, 9.17) is 0 Å². The second kappa shape index (κ2) is 4.00. The van der Waals surface area contributed by atoms with Crippen LogP contribution in [0.25, 0.3) is 0 Å². The summed E-state index contributed by atoms with van der Waals surface area (Å²) in [5.74, 6) is 2.21. The Labute approximate surface area is 81.5 Å². The van der Waals surface area contributed by atoms with Crippen molar-refractivity contribution < 1.29 is 5.11 Å². The summed E-state index contributed by atoms with van der Waals surface area (Å²) in [6.07, 6.45) is 9.20. The van der Waals surface area contributed by atoms with E-state index in [1.165, 1.54) is 44.9 Å². The van der Waals surface area contributed by atoms with E-state index in [-0.39, 0.29) is 6.10 Å². The zero-order valence-corrected chi connectivity index (χ0v) is 8.71. The van der Waals surface area contributed by atoms with Crippen molar-refractivity contribution in [3.05, 3.63) is 0 Å². The van der Waals surface area contributed by atoms with Crippen LogP contribution in [0.3, 0.4) is 0 Å². The standard InChI is InChI=1S/C12H22O/c1-9-5-7-11(8-6-9)12(13)10-3-2-4-10/h9-13H,2-8H2,1H3. The molecule has 76 valence electrons. The SMILES string of the molecule is CC1CCC(C(O)C2CCC2)CC1. The molecule has 2 aliphatic rings. The number of aliphatic hydroxyl groups is 1. The van der Waals surface area contributed by atoms with Gasteiger partial charge in [0.1, 0.15) is 0 Å². The van der Waals surface area contributed by atoms with Gasteiger partial charge in [0.05, 0.1) is 6.10 Å². The Morgan fingerprint density at radius 2 is 1.46 bits per heavy atom. The van der Waals surface area contributed by atoms with E-state index in [0.29, 0.717) is 11.8 Å². The highest BCUT2D eigenvalue weighted by Gasteiger charge is 2.33. The molecule has 0 bridgehead atoms. The Hall–Kier alpha value is -0.0400. The summed E-state index contributed by atoms with van der Waals surface area (Å²) in [5, 5.41) is 10.1. The van der Waals surface area contributed by atoms with Crippen LogP contribution in [0.1, 0.15) is 51.9 Å². The van der Waals surface area contributed by atoms with Crippen LogP contribution in [0, 0.1) is 17.8 Å². The molecule has 1 unspecified atom stereocenters. The molecule has 0 heterocycles. The zero-order chi connectivity index (χ0) is 9.26. The maximum Gasteiger partial charge on any atom is 0.0596 e. The van der Waals surface area contributed by atoms with Gasteiger partial charge in [-0.25, -0.2) is 0 Å². The van der Waals surface area contributed by atoms with Crippen LogP contribution in [0.4, 0.5) is 0 Å². The topological polar surface area (TPSA) is 20.2 Å². The van der Waals surface area contributed by atoms with Crippen molar-refractivity contribution in [3.63, 3.8) is 0 Å². The Kier molecular flexibility index (Phi) is 2.92. The molecule has 0 amide bonds. The normalized spacial score (nSPS) is 38.3. The third kappa shape index (κ3) is 2.07. The van der Waals surface area contributed by atoms with Crippen LogP contribution in [0.2, 0.25) is 0 Å². The summed E-state index contributed by atoms with van der Waals surface area (Å²) in [6, 6.07) is 0. The van der Waals surface area contributed by atoms with E-state index < -0.39 is 0 Å². The molecular weight excluding hydrogens is 160 g/mol. The van der Waals surface area contributed by atoms with Gasteiger partial charge in [-0.1, -0.05) is 26.2 Å². The predicted octanol–water partition coefficient (Wildman–Crippen LogP) is 2.97. The fourth-order valence-electron chi connectivity index (χ4n) is 2.79. The van der Waals surface area contributed by atoms with E-state index in [9.17, 15) is 5.11 Å². The van der Waals surface area contributed by atoms with Gasteiger partial charge in [-0.2, -0.15) is 0 Å². The molecule has 1 heteroatoms. The minimum absolute atomic E-state index is 0.0428. The quantitative estimate of drug-likeness (QED) is 0.696. The third-order valence-electron chi connectivity index (χ3n) is 4.18. The molecule has 1 atom stereocenters. The number of rotatable bonds is 2. The fourth-order valence-corrected chi connectivity index (χ4v) is 2.79. The van der Waals surface area contributed by atoms with E-state index in [2.05, 4.69) is 6.92 Å². The molecule has 1 nitrogen and oxygen atoms in total. The molecule has 0 radical (unpaired) electrons. The first-order valence-electron chi connectivity index (χ1n) is 5.95.